The van der Waals surface area contributed by atoms with Crippen molar-refractivity contribution in [2.75, 3.05) is 14.2 Å². The molecule has 2 aromatic carbocycles. The Kier molecular flexibility index (Phi) is 3.96. The van der Waals surface area contributed by atoms with Gasteiger partial charge < -0.3 is 9.47 Å². The average Bonchev–Trinajstić information content (AvgIpc) is 2.48. The van der Waals surface area contributed by atoms with Crippen LogP contribution >= 0.6 is 0 Å². The van der Waals surface area contributed by atoms with E-state index in [2.05, 4.69) is 4.99 Å². The Bertz CT molecular complexity index is 631. The summed E-state index contributed by atoms with van der Waals surface area (Å²) in [6, 6.07) is 13.0. The fraction of sp³-hybridized carbons (Fsp3) is 0.133. The van der Waals surface area contributed by atoms with Crippen LogP contribution in [0.3, 0.4) is 0 Å². The van der Waals surface area contributed by atoms with E-state index in [1.54, 1.807) is 19.3 Å². The third-order valence-corrected chi connectivity index (χ3v) is 2.76. The van der Waals surface area contributed by atoms with Crippen LogP contribution in [0.5, 0.6) is 11.5 Å². The van der Waals surface area contributed by atoms with Crippen LogP contribution in [0.2, 0.25) is 0 Å². The molecule has 0 aliphatic rings. The zero-order valence-electron chi connectivity index (χ0n) is 10.7. The number of ether oxygens (including phenoxy) is 2. The van der Waals surface area contributed by atoms with Gasteiger partial charge >= 0.3 is 0 Å². The Hall–Kier alpha value is -2.58. The first-order chi connectivity index (χ1) is 9.30. The molecule has 2 rings (SSSR count). The van der Waals surface area contributed by atoms with Gasteiger partial charge in [-0.05, 0) is 23.8 Å². The largest absolute Gasteiger partial charge is 0.497 e. The Balaban J connectivity index is 2.63. The standard InChI is InChI=1S/C15H13NO3/c1-18-12-6-3-5-11(9-12)13-7-4-8-14(19-2)15(13)16-10-17/h3-9H,1-2H3. The summed E-state index contributed by atoms with van der Waals surface area (Å²) < 4.78 is 10.4. The second kappa shape index (κ2) is 5.85. The van der Waals surface area contributed by atoms with E-state index in [-0.39, 0.29) is 0 Å². The second-order valence-electron chi connectivity index (χ2n) is 3.79. The van der Waals surface area contributed by atoms with Crippen molar-refractivity contribution >= 4 is 11.8 Å². The minimum atomic E-state index is 0.466. The number of rotatable bonds is 4. The summed E-state index contributed by atoms with van der Waals surface area (Å²) in [6.07, 6.45) is 1.56. The molecule has 0 radical (unpaired) electrons. The molecule has 0 saturated heterocycles. The smallest absolute Gasteiger partial charge is 0.240 e. The highest BCUT2D eigenvalue weighted by atomic mass is 16.5. The summed E-state index contributed by atoms with van der Waals surface area (Å²) in [4.78, 5) is 14.3. The average molecular weight is 255 g/mol. The van der Waals surface area contributed by atoms with Crippen LogP contribution in [-0.4, -0.2) is 20.3 Å². The quantitative estimate of drug-likeness (QED) is 0.622. The molecule has 0 aromatic heterocycles. The van der Waals surface area contributed by atoms with Gasteiger partial charge in [-0.2, -0.15) is 4.99 Å². The predicted molar refractivity (Wildman–Crippen MR) is 72.8 cm³/mol. The summed E-state index contributed by atoms with van der Waals surface area (Å²) in [5.41, 5.74) is 2.15. The SMILES string of the molecule is COc1cccc(-c2cccc(OC)c2N=C=O)c1. The van der Waals surface area contributed by atoms with E-state index in [0.717, 1.165) is 16.9 Å². The number of carbonyl (C=O) groups excluding carboxylic acids is 1. The predicted octanol–water partition coefficient (Wildman–Crippen LogP) is 3.34. The Morgan fingerprint density at radius 2 is 1.84 bits per heavy atom. The first-order valence-electron chi connectivity index (χ1n) is 5.69. The summed E-state index contributed by atoms with van der Waals surface area (Å²) in [7, 11) is 3.14. The maximum atomic E-state index is 10.6. The molecule has 0 spiro atoms. The maximum absolute atomic E-state index is 10.6. The lowest BCUT2D eigenvalue weighted by molar-refractivity contribution is 0.414. The van der Waals surface area contributed by atoms with Crippen LogP contribution in [0.25, 0.3) is 11.1 Å². The molecular formula is C15H13NO3. The maximum Gasteiger partial charge on any atom is 0.240 e. The van der Waals surface area contributed by atoms with E-state index >= 15 is 0 Å². The highest BCUT2D eigenvalue weighted by Crippen LogP contribution is 2.38. The lowest BCUT2D eigenvalue weighted by atomic mass is 10.0. The van der Waals surface area contributed by atoms with E-state index in [4.69, 9.17) is 9.47 Å². The topological polar surface area (TPSA) is 47.9 Å². The minimum Gasteiger partial charge on any atom is -0.497 e. The Labute approximate surface area is 111 Å². The molecule has 0 atom stereocenters. The molecule has 0 unspecified atom stereocenters. The van der Waals surface area contributed by atoms with Crippen LogP contribution in [-0.2, 0) is 4.79 Å². The molecule has 0 bridgehead atoms. The molecule has 2 aromatic rings. The minimum absolute atomic E-state index is 0.466. The molecule has 96 valence electrons. The number of para-hydroxylation sites is 1. The molecule has 0 heterocycles. The van der Waals surface area contributed by atoms with Gasteiger partial charge in [-0.15, -0.1) is 0 Å². The first kappa shape index (κ1) is 12.9. The van der Waals surface area contributed by atoms with Crippen molar-refractivity contribution in [3.8, 4) is 22.6 Å². The summed E-state index contributed by atoms with van der Waals surface area (Å²) in [5.74, 6) is 1.27. The normalized spacial score (nSPS) is 9.58. The number of hydrogen-bond donors (Lipinski definition) is 0. The molecule has 19 heavy (non-hydrogen) atoms. The fourth-order valence-corrected chi connectivity index (χ4v) is 1.87. The molecule has 0 N–H and O–H groups in total. The summed E-state index contributed by atoms with van der Waals surface area (Å²) >= 11 is 0. The van der Waals surface area contributed by atoms with Crippen LogP contribution < -0.4 is 9.47 Å². The molecule has 0 aliphatic heterocycles. The van der Waals surface area contributed by atoms with Crippen molar-refractivity contribution < 1.29 is 14.3 Å². The molecule has 4 heteroatoms. The van der Waals surface area contributed by atoms with Gasteiger partial charge in [0.1, 0.15) is 17.2 Å². The summed E-state index contributed by atoms with van der Waals surface area (Å²) in [6.45, 7) is 0. The second-order valence-corrected chi connectivity index (χ2v) is 3.79. The zero-order chi connectivity index (χ0) is 13.7. The first-order valence-corrected chi connectivity index (χ1v) is 5.69. The van der Waals surface area contributed by atoms with Gasteiger partial charge in [-0.3, -0.25) is 0 Å². The van der Waals surface area contributed by atoms with Gasteiger partial charge in [0.05, 0.1) is 14.2 Å². The zero-order valence-corrected chi connectivity index (χ0v) is 10.7. The van der Waals surface area contributed by atoms with E-state index < -0.39 is 0 Å². The monoisotopic (exact) mass is 255 g/mol. The Morgan fingerprint density at radius 1 is 1.05 bits per heavy atom. The van der Waals surface area contributed by atoms with E-state index in [1.807, 2.05) is 36.4 Å². The van der Waals surface area contributed by atoms with Gasteiger partial charge in [0.15, 0.2) is 0 Å². The van der Waals surface area contributed by atoms with E-state index in [1.165, 1.54) is 7.11 Å². The van der Waals surface area contributed by atoms with Crippen LogP contribution in [0.4, 0.5) is 5.69 Å². The fourth-order valence-electron chi connectivity index (χ4n) is 1.87. The van der Waals surface area contributed by atoms with Crippen molar-refractivity contribution in [3.05, 3.63) is 42.5 Å². The molecule has 0 saturated carbocycles. The Morgan fingerprint density at radius 3 is 2.53 bits per heavy atom. The third kappa shape index (κ3) is 2.64. The van der Waals surface area contributed by atoms with Gasteiger partial charge in [0, 0.05) is 5.56 Å². The van der Waals surface area contributed by atoms with Crippen molar-refractivity contribution in [2.24, 2.45) is 4.99 Å². The van der Waals surface area contributed by atoms with Gasteiger partial charge in [-0.1, -0.05) is 24.3 Å². The van der Waals surface area contributed by atoms with Crippen molar-refractivity contribution in [3.63, 3.8) is 0 Å². The number of methoxy groups -OCH3 is 2. The lowest BCUT2D eigenvalue weighted by Crippen LogP contribution is -1.88. The molecule has 0 amide bonds. The highest BCUT2D eigenvalue weighted by molar-refractivity contribution is 5.82. The highest BCUT2D eigenvalue weighted by Gasteiger charge is 2.10. The number of aliphatic imine (C=N–C) groups is 1. The molecule has 0 aliphatic carbocycles. The van der Waals surface area contributed by atoms with E-state index in [9.17, 15) is 4.79 Å². The van der Waals surface area contributed by atoms with Crippen molar-refractivity contribution in [1.82, 2.24) is 0 Å². The van der Waals surface area contributed by atoms with Crippen molar-refractivity contribution in [2.45, 2.75) is 0 Å². The number of isocyanates is 1. The number of hydrogen-bond acceptors (Lipinski definition) is 4. The van der Waals surface area contributed by atoms with Gasteiger partial charge in [0.25, 0.3) is 0 Å². The van der Waals surface area contributed by atoms with Crippen LogP contribution in [0.15, 0.2) is 47.5 Å². The molecule has 0 fully saturated rings. The van der Waals surface area contributed by atoms with E-state index in [0.29, 0.717) is 11.4 Å². The summed E-state index contributed by atoms with van der Waals surface area (Å²) in [5, 5.41) is 0. The third-order valence-electron chi connectivity index (χ3n) is 2.76. The number of benzene rings is 2. The number of nitrogens with zero attached hydrogens (tertiary/aromatic N) is 1. The molecule has 4 nitrogen and oxygen atoms in total. The van der Waals surface area contributed by atoms with Gasteiger partial charge in [0.2, 0.25) is 6.08 Å². The van der Waals surface area contributed by atoms with Gasteiger partial charge in [-0.25, -0.2) is 4.79 Å². The van der Waals surface area contributed by atoms with Crippen molar-refractivity contribution in [1.29, 1.82) is 0 Å². The van der Waals surface area contributed by atoms with Crippen LogP contribution in [0.1, 0.15) is 0 Å². The molecular weight excluding hydrogens is 242 g/mol. The van der Waals surface area contributed by atoms with Crippen LogP contribution in [0, 0.1) is 0 Å². The lowest BCUT2D eigenvalue weighted by Gasteiger charge is -2.10.